The number of rotatable bonds is 4. The Labute approximate surface area is 110 Å². The summed E-state index contributed by atoms with van der Waals surface area (Å²) in [6.07, 6.45) is 7.04. The van der Waals surface area contributed by atoms with Gasteiger partial charge in [0.05, 0.1) is 44.6 Å². The topological polar surface area (TPSA) is 21.1 Å². The van der Waals surface area contributed by atoms with Gasteiger partial charge in [-0.05, 0) is 5.56 Å². The van der Waals surface area contributed by atoms with E-state index < -0.39 is 0 Å². The van der Waals surface area contributed by atoms with Crippen molar-refractivity contribution < 1.29 is 10.2 Å². The number of piperidine rings is 1. The van der Waals surface area contributed by atoms with Crippen molar-refractivity contribution in [3.8, 4) is 0 Å². The van der Waals surface area contributed by atoms with Crippen LogP contribution < -0.4 is 10.2 Å². The fraction of sp³-hybridized carbons (Fsp3) is 0.625. The lowest BCUT2D eigenvalue weighted by molar-refractivity contribution is -0.930. The molecule has 0 aromatic heterocycles. The summed E-state index contributed by atoms with van der Waals surface area (Å²) in [4.78, 5) is 1.82. The maximum atomic E-state index is 2.62. The zero-order valence-corrected chi connectivity index (χ0v) is 11.4. The summed E-state index contributed by atoms with van der Waals surface area (Å²) in [6, 6.07) is 13.7. The summed E-state index contributed by atoms with van der Waals surface area (Å²) in [5, 5.41) is 2.62. The molecule has 2 saturated heterocycles. The number of hydrogen-bond acceptors (Lipinski definition) is 0. The third kappa shape index (κ3) is 2.60. The zero-order valence-electron chi connectivity index (χ0n) is 11.4. The van der Waals surface area contributed by atoms with Crippen LogP contribution in [0.15, 0.2) is 30.3 Å². The molecule has 0 saturated carbocycles. The van der Waals surface area contributed by atoms with Crippen LogP contribution in [0.2, 0.25) is 0 Å². The van der Waals surface area contributed by atoms with Gasteiger partial charge in [0, 0.05) is 19.3 Å². The van der Waals surface area contributed by atoms with Crippen LogP contribution in [0.5, 0.6) is 0 Å². The predicted molar refractivity (Wildman–Crippen MR) is 73.7 cm³/mol. The van der Waals surface area contributed by atoms with E-state index in [1.165, 1.54) is 44.2 Å². The van der Waals surface area contributed by atoms with Gasteiger partial charge in [0.15, 0.2) is 0 Å². The highest BCUT2D eigenvalue weighted by Gasteiger charge is 2.43. The lowest BCUT2D eigenvalue weighted by atomic mass is 9.98. The molecule has 2 aliphatic rings. The van der Waals surface area contributed by atoms with Gasteiger partial charge in [-0.1, -0.05) is 30.3 Å². The summed E-state index contributed by atoms with van der Waals surface area (Å²) in [5.41, 5.74) is 1.48. The third-order valence-electron chi connectivity index (χ3n) is 5.10. The first-order chi connectivity index (χ1) is 8.83. The molecule has 3 rings (SSSR count). The molecular formula is C16H26N2+2. The molecule has 1 aromatic rings. The van der Waals surface area contributed by atoms with Crippen LogP contribution in [0.1, 0.15) is 31.2 Å². The molecule has 2 heteroatoms. The Morgan fingerprint density at radius 1 is 1.11 bits per heavy atom. The average molecular weight is 246 g/mol. The lowest BCUT2D eigenvalue weighted by Gasteiger charge is -2.32. The highest BCUT2D eigenvalue weighted by atomic mass is 15.2. The molecule has 98 valence electrons. The molecule has 3 N–H and O–H groups in total. The van der Waals surface area contributed by atoms with E-state index in [2.05, 4.69) is 42.7 Å². The highest BCUT2D eigenvalue weighted by Crippen LogP contribution is 2.20. The van der Waals surface area contributed by atoms with Crippen molar-refractivity contribution in [3.05, 3.63) is 35.9 Å². The smallest absolute Gasteiger partial charge is 0.0973 e. The van der Waals surface area contributed by atoms with Crippen molar-refractivity contribution in [3.63, 3.8) is 0 Å². The van der Waals surface area contributed by atoms with Crippen LogP contribution in [-0.4, -0.2) is 31.7 Å². The molecule has 2 nitrogen and oxygen atoms in total. The Kier molecular flexibility index (Phi) is 3.67. The van der Waals surface area contributed by atoms with Gasteiger partial charge in [0.1, 0.15) is 0 Å². The largest absolute Gasteiger partial charge is 0.343 e. The van der Waals surface area contributed by atoms with Crippen molar-refractivity contribution >= 4 is 0 Å². The number of quaternary nitrogens is 2. The molecule has 1 aromatic carbocycles. The quantitative estimate of drug-likeness (QED) is 0.746. The second-order valence-corrected chi connectivity index (χ2v) is 6.21. The number of hydrogen-bond donors (Lipinski definition) is 2. The van der Waals surface area contributed by atoms with Gasteiger partial charge < -0.3 is 10.2 Å². The molecule has 4 atom stereocenters. The second-order valence-electron chi connectivity index (χ2n) is 6.21. The maximum absolute atomic E-state index is 2.62. The molecule has 2 bridgehead atoms. The molecule has 2 unspecified atom stereocenters. The molecule has 2 heterocycles. The van der Waals surface area contributed by atoms with E-state index in [1.54, 1.807) is 0 Å². The van der Waals surface area contributed by atoms with Crippen molar-refractivity contribution in [2.75, 3.05) is 13.6 Å². The number of nitrogens with two attached hydrogens (primary N) is 1. The first-order valence-corrected chi connectivity index (χ1v) is 7.53. The van der Waals surface area contributed by atoms with Crippen LogP contribution in [0, 0.1) is 0 Å². The highest BCUT2D eigenvalue weighted by molar-refractivity contribution is 5.14. The monoisotopic (exact) mass is 246 g/mol. The van der Waals surface area contributed by atoms with Gasteiger partial charge >= 0.3 is 0 Å². The first kappa shape index (κ1) is 12.2. The van der Waals surface area contributed by atoms with Gasteiger partial charge in [-0.2, -0.15) is 0 Å². The minimum absolute atomic E-state index is 0.898. The lowest BCUT2D eigenvalue weighted by Crippen LogP contribution is -3.17. The Morgan fingerprint density at radius 3 is 2.44 bits per heavy atom. The van der Waals surface area contributed by atoms with Crippen LogP contribution in [0.4, 0.5) is 0 Å². The molecular weight excluding hydrogens is 220 g/mol. The number of fused-ring (bicyclic) bond motifs is 2. The SMILES string of the molecule is C[NH+]1[C@@H]2CC[C@H]1CC([NH2+]CCc1ccccc1)C2. The summed E-state index contributed by atoms with van der Waals surface area (Å²) in [6.45, 7) is 1.26. The van der Waals surface area contributed by atoms with E-state index in [0.29, 0.717) is 0 Å². The van der Waals surface area contributed by atoms with E-state index >= 15 is 0 Å². The fourth-order valence-electron chi connectivity index (χ4n) is 3.95. The predicted octanol–water partition coefficient (Wildman–Crippen LogP) is 0.000600. The van der Waals surface area contributed by atoms with Gasteiger partial charge in [0.25, 0.3) is 0 Å². The number of benzene rings is 1. The Bertz CT molecular complexity index is 362. The molecule has 2 fully saturated rings. The minimum atomic E-state index is 0.898. The summed E-state index contributed by atoms with van der Waals surface area (Å²) < 4.78 is 0. The van der Waals surface area contributed by atoms with E-state index in [4.69, 9.17) is 0 Å². The van der Waals surface area contributed by atoms with Crippen molar-refractivity contribution in [1.82, 2.24) is 0 Å². The number of nitrogens with one attached hydrogen (secondary N) is 1. The molecule has 0 spiro atoms. The average Bonchev–Trinajstić information content (AvgIpc) is 2.64. The van der Waals surface area contributed by atoms with Crippen molar-refractivity contribution in [2.24, 2.45) is 0 Å². The van der Waals surface area contributed by atoms with Crippen molar-refractivity contribution in [1.29, 1.82) is 0 Å². The van der Waals surface area contributed by atoms with E-state index in [-0.39, 0.29) is 0 Å². The van der Waals surface area contributed by atoms with E-state index in [0.717, 1.165) is 18.1 Å². The van der Waals surface area contributed by atoms with Gasteiger partial charge in [0.2, 0.25) is 0 Å². The van der Waals surface area contributed by atoms with Gasteiger partial charge in [-0.3, -0.25) is 0 Å². The Hall–Kier alpha value is -0.860. The van der Waals surface area contributed by atoms with Crippen LogP contribution >= 0.6 is 0 Å². The molecule has 0 radical (unpaired) electrons. The summed E-state index contributed by atoms with van der Waals surface area (Å²) in [5.74, 6) is 0. The first-order valence-electron chi connectivity index (χ1n) is 7.53. The molecule has 0 amide bonds. The van der Waals surface area contributed by atoms with Crippen molar-refractivity contribution in [2.45, 2.75) is 50.2 Å². The molecule has 0 aliphatic carbocycles. The maximum Gasteiger partial charge on any atom is 0.0973 e. The Balaban J connectivity index is 1.45. The normalized spacial score (nSPS) is 34.7. The van der Waals surface area contributed by atoms with Crippen LogP contribution in [0.25, 0.3) is 0 Å². The van der Waals surface area contributed by atoms with Crippen LogP contribution in [-0.2, 0) is 6.42 Å². The van der Waals surface area contributed by atoms with Gasteiger partial charge in [-0.25, -0.2) is 0 Å². The summed E-state index contributed by atoms with van der Waals surface area (Å²) in [7, 11) is 2.41. The van der Waals surface area contributed by atoms with E-state index in [9.17, 15) is 0 Å². The second kappa shape index (κ2) is 5.41. The Morgan fingerprint density at radius 2 is 1.78 bits per heavy atom. The zero-order chi connectivity index (χ0) is 12.4. The van der Waals surface area contributed by atoms with Crippen LogP contribution in [0.3, 0.4) is 0 Å². The third-order valence-corrected chi connectivity index (χ3v) is 5.10. The summed E-state index contributed by atoms with van der Waals surface area (Å²) >= 11 is 0. The standard InChI is InChI=1S/C16H24N2/c1-18-15-7-8-16(18)12-14(11-15)17-10-9-13-5-3-2-4-6-13/h2-6,14-17H,7-12H2,1H3/p+2/t14?,15-,16+. The fourth-order valence-corrected chi connectivity index (χ4v) is 3.95. The van der Waals surface area contributed by atoms with Gasteiger partial charge in [-0.15, -0.1) is 0 Å². The molecule has 2 aliphatic heterocycles. The minimum Gasteiger partial charge on any atom is -0.343 e. The van der Waals surface area contributed by atoms with E-state index in [1.807, 2.05) is 4.90 Å². The molecule has 18 heavy (non-hydrogen) atoms.